The van der Waals surface area contributed by atoms with E-state index in [0.717, 1.165) is 31.2 Å². The zero-order valence-corrected chi connectivity index (χ0v) is 15.4. The zero-order chi connectivity index (χ0) is 17.6. The first-order valence-electron chi connectivity index (χ1n) is 8.68. The van der Waals surface area contributed by atoms with Gasteiger partial charge in [0.2, 0.25) is 15.9 Å². The summed E-state index contributed by atoms with van der Waals surface area (Å²) < 4.78 is 25.3. The highest BCUT2D eigenvalue weighted by atomic mass is 32.2. The highest BCUT2D eigenvalue weighted by Crippen LogP contribution is 2.36. The number of aryl methyl sites for hydroxylation is 1. The lowest BCUT2D eigenvalue weighted by Crippen LogP contribution is -2.38. The van der Waals surface area contributed by atoms with Gasteiger partial charge in [0.1, 0.15) is 0 Å². The summed E-state index contributed by atoms with van der Waals surface area (Å²) in [4.78, 5) is 12.8. The van der Waals surface area contributed by atoms with Crippen LogP contribution < -0.4 is 10.0 Å². The molecular weight excluding hydrogens is 324 g/mol. The number of hydrogen-bond acceptors (Lipinski definition) is 3. The van der Waals surface area contributed by atoms with Crippen molar-refractivity contribution in [1.82, 2.24) is 10.0 Å². The molecule has 1 atom stereocenters. The Kier molecular flexibility index (Phi) is 6.80. The average molecular weight is 353 g/mol. The molecule has 0 aromatic heterocycles. The van der Waals surface area contributed by atoms with Crippen molar-refractivity contribution in [3.8, 4) is 0 Å². The third-order valence-corrected chi connectivity index (χ3v) is 6.18. The van der Waals surface area contributed by atoms with Gasteiger partial charge in [0.25, 0.3) is 0 Å². The molecule has 1 aromatic carbocycles. The first-order valence-corrected chi connectivity index (χ1v) is 10.3. The van der Waals surface area contributed by atoms with Crippen molar-refractivity contribution in [2.45, 2.75) is 44.9 Å². The van der Waals surface area contributed by atoms with E-state index in [1.807, 2.05) is 31.2 Å². The van der Waals surface area contributed by atoms with Gasteiger partial charge in [-0.15, -0.1) is 0 Å². The van der Waals surface area contributed by atoms with E-state index in [0.29, 0.717) is 5.92 Å². The summed E-state index contributed by atoms with van der Waals surface area (Å²) in [6.07, 6.45) is 5.67. The van der Waals surface area contributed by atoms with E-state index in [1.54, 1.807) is 0 Å². The quantitative estimate of drug-likeness (QED) is 0.791. The number of amides is 1. The number of nitrogens with one attached hydrogen (secondary N) is 2. The van der Waals surface area contributed by atoms with Gasteiger partial charge in [-0.3, -0.25) is 4.79 Å². The van der Waals surface area contributed by atoms with Gasteiger partial charge in [-0.05, 0) is 38.3 Å². The number of carbonyl (C=O) groups is 1. The molecule has 1 amide bonds. The zero-order valence-electron chi connectivity index (χ0n) is 14.5. The van der Waals surface area contributed by atoms with Crippen LogP contribution in [0.1, 0.15) is 49.1 Å². The maximum absolute atomic E-state index is 12.8. The van der Waals surface area contributed by atoms with Gasteiger partial charge in [-0.1, -0.05) is 49.1 Å². The lowest BCUT2D eigenvalue weighted by atomic mass is 9.76. The molecule has 2 rings (SSSR count). The Morgan fingerprint density at radius 3 is 2.38 bits per heavy atom. The molecular formula is C18H28N2O3S. The number of sulfonamides is 1. The number of benzene rings is 1. The SMILES string of the molecule is CNS(=O)(=O)CCNC(=O)C(c1ccc(C)cc1)C1CCCCC1. The Hall–Kier alpha value is -1.40. The minimum absolute atomic E-state index is 0.0583. The van der Waals surface area contributed by atoms with Gasteiger partial charge < -0.3 is 5.32 Å². The molecule has 1 saturated carbocycles. The smallest absolute Gasteiger partial charge is 0.227 e. The summed E-state index contributed by atoms with van der Waals surface area (Å²) >= 11 is 0. The number of carbonyl (C=O) groups excluding carboxylic acids is 1. The summed E-state index contributed by atoms with van der Waals surface area (Å²) in [5.74, 6) is -0.0110. The van der Waals surface area contributed by atoms with Crippen molar-refractivity contribution in [3.05, 3.63) is 35.4 Å². The molecule has 1 aromatic rings. The van der Waals surface area contributed by atoms with Crippen LogP contribution in [-0.2, 0) is 14.8 Å². The van der Waals surface area contributed by atoms with Crippen LogP contribution in [-0.4, -0.2) is 33.7 Å². The van der Waals surface area contributed by atoms with E-state index >= 15 is 0 Å². The fraction of sp³-hybridized carbons (Fsp3) is 0.611. The highest BCUT2D eigenvalue weighted by molar-refractivity contribution is 7.89. The van der Waals surface area contributed by atoms with Crippen molar-refractivity contribution in [2.75, 3.05) is 19.3 Å². The first-order chi connectivity index (χ1) is 11.4. The maximum atomic E-state index is 12.8. The van der Waals surface area contributed by atoms with E-state index in [1.165, 1.54) is 19.0 Å². The fourth-order valence-electron chi connectivity index (χ4n) is 3.40. The summed E-state index contributed by atoms with van der Waals surface area (Å²) in [7, 11) is -1.92. The summed E-state index contributed by atoms with van der Waals surface area (Å²) in [6, 6.07) is 8.12. The molecule has 5 nitrogen and oxygen atoms in total. The second-order valence-electron chi connectivity index (χ2n) is 6.60. The normalized spacial score (nSPS) is 17.4. The molecule has 1 aliphatic carbocycles. The monoisotopic (exact) mass is 352 g/mol. The predicted octanol–water partition coefficient (Wildman–Crippen LogP) is 2.32. The lowest BCUT2D eigenvalue weighted by Gasteiger charge is -2.30. The van der Waals surface area contributed by atoms with Crippen molar-refractivity contribution >= 4 is 15.9 Å². The van der Waals surface area contributed by atoms with E-state index in [2.05, 4.69) is 10.0 Å². The van der Waals surface area contributed by atoms with Crippen LogP contribution in [0, 0.1) is 12.8 Å². The Bertz CT molecular complexity index is 635. The van der Waals surface area contributed by atoms with Gasteiger partial charge in [0.15, 0.2) is 0 Å². The Morgan fingerprint density at radius 2 is 1.79 bits per heavy atom. The third kappa shape index (κ3) is 5.31. The topological polar surface area (TPSA) is 75.3 Å². The van der Waals surface area contributed by atoms with Gasteiger partial charge in [0.05, 0.1) is 11.7 Å². The maximum Gasteiger partial charge on any atom is 0.227 e. The third-order valence-electron chi connectivity index (χ3n) is 4.82. The van der Waals surface area contributed by atoms with Gasteiger partial charge in [0, 0.05) is 6.54 Å². The summed E-state index contributed by atoms with van der Waals surface area (Å²) in [6.45, 7) is 2.17. The average Bonchev–Trinajstić information content (AvgIpc) is 2.58. The van der Waals surface area contributed by atoms with E-state index < -0.39 is 10.0 Å². The molecule has 0 heterocycles. The van der Waals surface area contributed by atoms with Gasteiger partial charge >= 0.3 is 0 Å². The van der Waals surface area contributed by atoms with Crippen LogP contribution >= 0.6 is 0 Å². The van der Waals surface area contributed by atoms with Gasteiger partial charge in [-0.2, -0.15) is 0 Å². The van der Waals surface area contributed by atoms with Crippen molar-refractivity contribution in [1.29, 1.82) is 0 Å². The second kappa shape index (κ2) is 8.62. The summed E-state index contributed by atoms with van der Waals surface area (Å²) in [5.41, 5.74) is 2.20. The number of hydrogen-bond donors (Lipinski definition) is 2. The van der Waals surface area contributed by atoms with E-state index in [9.17, 15) is 13.2 Å². The minimum atomic E-state index is -3.30. The standard InChI is InChI=1S/C18H28N2O3S/c1-14-8-10-16(11-9-14)17(15-6-4-3-5-7-15)18(21)20-12-13-24(22,23)19-2/h8-11,15,17,19H,3-7,12-13H2,1-2H3,(H,20,21). The van der Waals surface area contributed by atoms with Crippen molar-refractivity contribution < 1.29 is 13.2 Å². The van der Waals surface area contributed by atoms with Crippen LogP contribution in [0.4, 0.5) is 0 Å². The van der Waals surface area contributed by atoms with E-state index in [4.69, 9.17) is 0 Å². The van der Waals surface area contributed by atoms with Crippen molar-refractivity contribution in [3.63, 3.8) is 0 Å². The molecule has 0 bridgehead atoms. The predicted molar refractivity (Wildman–Crippen MR) is 96.4 cm³/mol. The largest absolute Gasteiger partial charge is 0.354 e. The molecule has 1 unspecified atom stereocenters. The van der Waals surface area contributed by atoms with Gasteiger partial charge in [-0.25, -0.2) is 13.1 Å². The first kappa shape index (κ1) is 18.9. The molecule has 0 saturated heterocycles. The van der Waals surface area contributed by atoms with Crippen molar-refractivity contribution in [2.24, 2.45) is 5.92 Å². The van der Waals surface area contributed by atoms with Crippen LogP contribution in [0.25, 0.3) is 0 Å². The highest BCUT2D eigenvalue weighted by Gasteiger charge is 2.30. The Labute approximate surface area is 145 Å². The molecule has 0 radical (unpaired) electrons. The Balaban J connectivity index is 2.09. The van der Waals surface area contributed by atoms with Crippen LogP contribution in [0.3, 0.4) is 0 Å². The lowest BCUT2D eigenvalue weighted by molar-refractivity contribution is -0.124. The molecule has 24 heavy (non-hydrogen) atoms. The Morgan fingerprint density at radius 1 is 1.17 bits per heavy atom. The van der Waals surface area contributed by atoms with Crippen LogP contribution in [0.5, 0.6) is 0 Å². The molecule has 1 fully saturated rings. The molecule has 0 aliphatic heterocycles. The molecule has 0 spiro atoms. The van der Waals surface area contributed by atoms with E-state index in [-0.39, 0.29) is 24.1 Å². The molecule has 2 N–H and O–H groups in total. The summed E-state index contributed by atoms with van der Waals surface area (Å²) in [5, 5.41) is 2.83. The van der Waals surface area contributed by atoms with Crippen LogP contribution in [0.15, 0.2) is 24.3 Å². The fourth-order valence-corrected chi connectivity index (χ4v) is 3.97. The number of rotatable bonds is 7. The second-order valence-corrected chi connectivity index (χ2v) is 8.65. The minimum Gasteiger partial charge on any atom is -0.354 e. The molecule has 134 valence electrons. The molecule has 1 aliphatic rings. The molecule has 6 heteroatoms. The van der Waals surface area contributed by atoms with Crippen LogP contribution in [0.2, 0.25) is 0 Å².